The van der Waals surface area contributed by atoms with Gasteiger partial charge in [-0.25, -0.2) is 18.0 Å². The highest BCUT2D eigenvalue weighted by atomic mass is 32.2. The molecule has 1 aliphatic carbocycles. The summed E-state index contributed by atoms with van der Waals surface area (Å²) >= 11 is 1.44. The normalized spacial score (nSPS) is 28.6. The highest BCUT2D eigenvalue weighted by Gasteiger charge is 2.79. The van der Waals surface area contributed by atoms with E-state index in [-0.39, 0.29) is 6.42 Å². The molecule has 1 heterocycles. The molecule has 1 saturated heterocycles. The maximum Gasteiger partial charge on any atom is 0.408 e. The Hall–Kier alpha value is -2.02. The van der Waals surface area contributed by atoms with Crippen LogP contribution in [0.3, 0.4) is 0 Å². The topological polar surface area (TPSA) is 154 Å². The van der Waals surface area contributed by atoms with Gasteiger partial charge in [-0.15, -0.1) is 0 Å². The Balaban J connectivity index is 2.32. The fourth-order valence-corrected chi connectivity index (χ4v) is 7.22. The van der Waals surface area contributed by atoms with Gasteiger partial charge in [-0.2, -0.15) is 11.8 Å². The minimum Gasteiger partial charge on any atom is -0.469 e. The number of ether oxygens (including phenoxy) is 3. The summed E-state index contributed by atoms with van der Waals surface area (Å²) in [6, 6.07) is -1.10. The Morgan fingerprint density at radius 2 is 1.78 bits per heavy atom. The van der Waals surface area contributed by atoms with Crippen LogP contribution in [0.2, 0.25) is 0 Å². The lowest BCUT2D eigenvalue weighted by Gasteiger charge is -2.31. The molecule has 32 heavy (non-hydrogen) atoms. The zero-order valence-corrected chi connectivity index (χ0v) is 20.6. The zero-order valence-electron chi connectivity index (χ0n) is 18.9. The number of thioether (sulfide) groups is 1. The summed E-state index contributed by atoms with van der Waals surface area (Å²) in [5, 5.41) is 3.83. The van der Waals surface area contributed by atoms with Crippen molar-refractivity contribution in [2.75, 3.05) is 32.0 Å². The van der Waals surface area contributed by atoms with Crippen molar-refractivity contribution >= 4 is 45.5 Å². The van der Waals surface area contributed by atoms with E-state index in [9.17, 15) is 27.6 Å². The summed E-state index contributed by atoms with van der Waals surface area (Å²) in [5.41, 5.74) is -2.76. The Labute approximate surface area is 191 Å². The first-order valence-electron chi connectivity index (χ1n) is 9.92. The third-order valence-electron chi connectivity index (χ3n) is 5.35. The molecule has 0 radical (unpaired) electrons. The fourth-order valence-electron chi connectivity index (χ4n) is 4.05. The molecule has 0 bridgehead atoms. The van der Waals surface area contributed by atoms with Crippen molar-refractivity contribution in [3.05, 3.63) is 0 Å². The second-order valence-corrected chi connectivity index (χ2v) is 11.9. The number of fused-ring (bicyclic) bond motifs is 1. The van der Waals surface area contributed by atoms with Crippen molar-refractivity contribution in [1.29, 1.82) is 0 Å². The number of amides is 2. The predicted molar refractivity (Wildman–Crippen MR) is 116 cm³/mol. The number of methoxy groups -OCH3 is 2. The fraction of sp³-hybridized carbons (Fsp3) is 0.789. The second kappa shape index (κ2) is 9.46. The van der Waals surface area contributed by atoms with Gasteiger partial charge >= 0.3 is 18.0 Å². The highest BCUT2D eigenvalue weighted by Crippen LogP contribution is 2.58. The van der Waals surface area contributed by atoms with Gasteiger partial charge in [-0.3, -0.25) is 9.59 Å². The van der Waals surface area contributed by atoms with E-state index in [1.54, 1.807) is 20.8 Å². The second-order valence-electron chi connectivity index (χ2n) is 8.78. The third-order valence-corrected chi connectivity index (χ3v) is 8.27. The van der Waals surface area contributed by atoms with E-state index in [0.29, 0.717) is 5.75 Å². The van der Waals surface area contributed by atoms with Crippen molar-refractivity contribution in [2.45, 2.75) is 49.6 Å². The molecule has 1 aliphatic heterocycles. The predicted octanol–water partition coefficient (Wildman–Crippen LogP) is -0.123. The molecule has 0 aromatic heterocycles. The van der Waals surface area contributed by atoms with Gasteiger partial charge in [0.1, 0.15) is 11.6 Å². The maximum atomic E-state index is 13.1. The molecule has 2 aliphatic rings. The summed E-state index contributed by atoms with van der Waals surface area (Å²) < 4.78 is 40.0. The van der Waals surface area contributed by atoms with E-state index in [2.05, 4.69) is 15.4 Å². The van der Waals surface area contributed by atoms with Gasteiger partial charge in [-0.05, 0) is 39.2 Å². The molecule has 2 fully saturated rings. The number of carbonyl (C=O) groups excluding carboxylic acids is 4. The number of hydrogen-bond donors (Lipinski definition) is 2. The zero-order chi connectivity index (χ0) is 24.5. The summed E-state index contributed by atoms with van der Waals surface area (Å²) in [7, 11) is -1.70. The molecular formula is C19H30N2O9S2. The van der Waals surface area contributed by atoms with Crippen LogP contribution in [-0.4, -0.2) is 86.8 Å². The summed E-state index contributed by atoms with van der Waals surface area (Å²) in [4.78, 5) is 50.2. The number of carbonyl (C=O) groups is 4. The van der Waals surface area contributed by atoms with Gasteiger partial charge in [0.05, 0.1) is 31.1 Å². The smallest absolute Gasteiger partial charge is 0.408 e. The summed E-state index contributed by atoms with van der Waals surface area (Å²) in [6.45, 7) is 5.00. The van der Waals surface area contributed by atoms with Gasteiger partial charge in [0.25, 0.3) is 0 Å². The minimum absolute atomic E-state index is 0.199. The van der Waals surface area contributed by atoms with Gasteiger partial charge in [0, 0.05) is 5.92 Å². The van der Waals surface area contributed by atoms with Gasteiger partial charge < -0.3 is 24.8 Å². The van der Waals surface area contributed by atoms with Crippen LogP contribution in [-0.2, 0) is 38.4 Å². The van der Waals surface area contributed by atoms with Crippen molar-refractivity contribution in [3.63, 3.8) is 0 Å². The summed E-state index contributed by atoms with van der Waals surface area (Å²) in [5.74, 6) is -4.84. The van der Waals surface area contributed by atoms with Crippen LogP contribution in [0, 0.1) is 11.8 Å². The van der Waals surface area contributed by atoms with E-state index in [0.717, 1.165) is 14.2 Å². The van der Waals surface area contributed by atoms with E-state index >= 15 is 0 Å². The molecule has 182 valence electrons. The van der Waals surface area contributed by atoms with Crippen molar-refractivity contribution in [1.82, 2.24) is 10.6 Å². The Morgan fingerprint density at radius 1 is 1.16 bits per heavy atom. The molecule has 2 amide bonds. The maximum absolute atomic E-state index is 13.1. The van der Waals surface area contributed by atoms with E-state index < -0.39 is 73.8 Å². The average Bonchev–Trinajstić information content (AvgIpc) is 3.40. The van der Waals surface area contributed by atoms with Crippen LogP contribution in [0.25, 0.3) is 0 Å². The quantitative estimate of drug-likeness (QED) is 0.345. The first kappa shape index (κ1) is 26.2. The minimum atomic E-state index is -3.89. The molecular weight excluding hydrogens is 464 g/mol. The lowest BCUT2D eigenvalue weighted by atomic mass is 9.93. The number of sulfone groups is 1. The molecule has 2 N–H and O–H groups in total. The number of rotatable bonds is 8. The van der Waals surface area contributed by atoms with Crippen LogP contribution in [0.1, 0.15) is 27.2 Å². The highest BCUT2D eigenvalue weighted by molar-refractivity contribution is 7.98. The van der Waals surface area contributed by atoms with Gasteiger partial charge in [0.2, 0.25) is 5.91 Å². The molecule has 0 spiro atoms. The molecule has 11 nitrogen and oxygen atoms in total. The molecule has 0 unspecified atom stereocenters. The first-order valence-corrected chi connectivity index (χ1v) is 13.0. The SMILES string of the molecule is COC(=O)[C@@H]1[C@@H]2[C@H]1S(=O)(=O)C[C@@]2(NC(=O)[C@H](CCSC)NC(=O)OC(C)(C)C)C(=O)OC. The third kappa shape index (κ3) is 5.30. The van der Waals surface area contributed by atoms with Gasteiger partial charge in [0.15, 0.2) is 15.4 Å². The molecule has 0 aromatic carbocycles. The number of alkyl carbamates (subject to hydrolysis) is 1. The van der Waals surface area contributed by atoms with E-state index in [1.807, 2.05) is 6.26 Å². The standard InChI is InChI=1S/C19H30N2O9S2/c1-18(2,3)30-17(25)20-10(7-8-31-6)14(22)21-19(16(24)29-5)9-32(26,27)13-11(12(13)19)15(23)28-4/h10-13H,7-9H2,1-6H3,(H,20,25)(H,21,22)/t10-,11+,12+,13-,19-/m0/s1. The van der Waals surface area contributed by atoms with Crippen LogP contribution in [0.4, 0.5) is 4.79 Å². The van der Waals surface area contributed by atoms with Crippen LogP contribution < -0.4 is 10.6 Å². The van der Waals surface area contributed by atoms with Gasteiger partial charge in [-0.1, -0.05) is 0 Å². The van der Waals surface area contributed by atoms with Crippen molar-refractivity contribution in [2.24, 2.45) is 11.8 Å². The molecule has 1 saturated carbocycles. The monoisotopic (exact) mass is 494 g/mol. The van der Waals surface area contributed by atoms with Crippen LogP contribution in [0.15, 0.2) is 0 Å². The Morgan fingerprint density at radius 3 is 2.28 bits per heavy atom. The molecule has 5 atom stereocenters. The molecule has 0 aromatic rings. The average molecular weight is 495 g/mol. The first-order chi connectivity index (χ1) is 14.7. The lowest BCUT2D eigenvalue weighted by Crippen LogP contribution is -2.63. The Kier molecular flexibility index (Phi) is 7.75. The van der Waals surface area contributed by atoms with Crippen LogP contribution >= 0.6 is 11.8 Å². The largest absolute Gasteiger partial charge is 0.469 e. The number of esters is 2. The molecule has 13 heteroatoms. The molecule has 2 rings (SSSR count). The van der Waals surface area contributed by atoms with Crippen LogP contribution in [0.5, 0.6) is 0 Å². The number of hydrogen-bond acceptors (Lipinski definition) is 10. The summed E-state index contributed by atoms with van der Waals surface area (Å²) in [6.07, 6.45) is 1.18. The number of nitrogens with one attached hydrogen (secondary N) is 2. The van der Waals surface area contributed by atoms with Crippen molar-refractivity contribution < 1.29 is 41.8 Å². The van der Waals surface area contributed by atoms with Crippen molar-refractivity contribution in [3.8, 4) is 0 Å². The van der Waals surface area contributed by atoms with E-state index in [1.165, 1.54) is 11.8 Å². The lowest BCUT2D eigenvalue weighted by molar-refractivity contribution is -0.152. The Bertz CT molecular complexity index is 884. The van der Waals surface area contributed by atoms with E-state index in [4.69, 9.17) is 9.47 Å².